The molecule has 2 aromatic rings. The second-order valence-electron chi connectivity index (χ2n) is 4.71. The lowest BCUT2D eigenvalue weighted by molar-refractivity contribution is 0.102. The monoisotopic (exact) mass is 308 g/mol. The number of rotatable bonds is 2. The fraction of sp³-hybridized carbons (Fsp3) is 0.286. The van der Waals surface area contributed by atoms with Crippen molar-refractivity contribution in [2.45, 2.75) is 25.7 Å². The molecule has 0 fully saturated rings. The number of hydrogen-bond donors (Lipinski definition) is 2. The number of amides is 1. The fourth-order valence-electron chi connectivity index (χ4n) is 2.27. The first-order valence-electron chi connectivity index (χ1n) is 6.42. The van der Waals surface area contributed by atoms with Gasteiger partial charge in [0.15, 0.2) is 5.13 Å². The molecule has 2 N–H and O–H groups in total. The van der Waals surface area contributed by atoms with Crippen molar-refractivity contribution in [1.82, 2.24) is 4.98 Å². The third-order valence-electron chi connectivity index (χ3n) is 3.27. The maximum atomic E-state index is 12.1. The third-order valence-corrected chi connectivity index (χ3v) is 4.58. The van der Waals surface area contributed by atoms with Crippen LogP contribution < -0.4 is 5.32 Å². The Balaban J connectivity index is 1.80. The van der Waals surface area contributed by atoms with Crippen LogP contribution in [0, 0.1) is 0 Å². The Labute approximate surface area is 125 Å². The summed E-state index contributed by atoms with van der Waals surface area (Å²) in [5.41, 5.74) is 1.29. The number of aromatic nitrogens is 1. The van der Waals surface area contributed by atoms with Crippen LogP contribution >= 0.6 is 22.9 Å². The van der Waals surface area contributed by atoms with Gasteiger partial charge < -0.3 is 5.11 Å². The van der Waals surface area contributed by atoms with Gasteiger partial charge in [-0.1, -0.05) is 11.6 Å². The Morgan fingerprint density at radius 3 is 2.90 bits per heavy atom. The topological polar surface area (TPSA) is 62.2 Å². The number of benzene rings is 1. The number of phenols is 1. The summed E-state index contributed by atoms with van der Waals surface area (Å²) in [5, 5.41) is 13.5. The summed E-state index contributed by atoms with van der Waals surface area (Å²) in [6, 6.07) is 4.42. The van der Waals surface area contributed by atoms with E-state index in [9.17, 15) is 9.90 Å². The molecule has 20 heavy (non-hydrogen) atoms. The van der Waals surface area contributed by atoms with Crippen molar-refractivity contribution >= 4 is 34.0 Å². The van der Waals surface area contributed by atoms with E-state index in [4.69, 9.17) is 11.6 Å². The molecule has 1 aromatic carbocycles. The van der Waals surface area contributed by atoms with Crippen molar-refractivity contribution < 1.29 is 9.90 Å². The highest BCUT2D eigenvalue weighted by atomic mass is 35.5. The lowest BCUT2D eigenvalue weighted by Crippen LogP contribution is -2.11. The van der Waals surface area contributed by atoms with E-state index in [1.165, 1.54) is 34.8 Å². The van der Waals surface area contributed by atoms with Gasteiger partial charge in [0.25, 0.3) is 5.91 Å². The van der Waals surface area contributed by atoms with E-state index in [0.29, 0.717) is 10.2 Å². The van der Waals surface area contributed by atoms with Crippen molar-refractivity contribution in [2.24, 2.45) is 0 Å². The van der Waals surface area contributed by atoms with Crippen molar-refractivity contribution in [3.63, 3.8) is 0 Å². The molecule has 0 bridgehead atoms. The van der Waals surface area contributed by atoms with Crippen molar-refractivity contribution in [3.8, 4) is 5.75 Å². The van der Waals surface area contributed by atoms with Gasteiger partial charge in [-0.25, -0.2) is 4.98 Å². The van der Waals surface area contributed by atoms with E-state index >= 15 is 0 Å². The summed E-state index contributed by atoms with van der Waals surface area (Å²) in [7, 11) is 0. The molecular formula is C14H13ClN2O2S. The lowest BCUT2D eigenvalue weighted by atomic mass is 10.0. The largest absolute Gasteiger partial charge is 0.507 e. The fourth-order valence-corrected chi connectivity index (χ4v) is 3.48. The summed E-state index contributed by atoms with van der Waals surface area (Å²) < 4.78 is 0. The minimum Gasteiger partial charge on any atom is -0.507 e. The molecule has 0 saturated heterocycles. The SMILES string of the molecule is O=C(Nc1nc2c(s1)CCCC2)c1ccc(Cl)cc1O. The van der Waals surface area contributed by atoms with Gasteiger partial charge >= 0.3 is 0 Å². The van der Waals surface area contributed by atoms with Gasteiger partial charge in [0.1, 0.15) is 5.75 Å². The van der Waals surface area contributed by atoms with Crippen LogP contribution in [0.4, 0.5) is 5.13 Å². The number of halogens is 1. The van der Waals surface area contributed by atoms with Gasteiger partial charge in [-0.05, 0) is 43.9 Å². The Hall–Kier alpha value is -1.59. The Morgan fingerprint density at radius 2 is 2.15 bits per heavy atom. The normalized spacial score (nSPS) is 13.8. The highest BCUT2D eigenvalue weighted by molar-refractivity contribution is 7.15. The van der Waals surface area contributed by atoms with Gasteiger partial charge in [0.05, 0.1) is 11.3 Å². The van der Waals surface area contributed by atoms with Crippen LogP contribution in [-0.4, -0.2) is 16.0 Å². The van der Waals surface area contributed by atoms with Crippen LogP contribution in [-0.2, 0) is 12.8 Å². The first kappa shape index (κ1) is 13.4. The van der Waals surface area contributed by atoms with Gasteiger partial charge in [-0.15, -0.1) is 11.3 Å². The van der Waals surface area contributed by atoms with Crippen LogP contribution in [0.25, 0.3) is 0 Å². The van der Waals surface area contributed by atoms with Crippen LogP contribution in [0.3, 0.4) is 0 Å². The minimum atomic E-state index is -0.370. The maximum absolute atomic E-state index is 12.1. The third kappa shape index (κ3) is 2.64. The number of carbonyl (C=O) groups is 1. The van der Waals surface area contributed by atoms with Crippen LogP contribution in [0.15, 0.2) is 18.2 Å². The number of fused-ring (bicyclic) bond motifs is 1. The molecule has 1 aromatic heterocycles. The molecule has 0 aliphatic heterocycles. The summed E-state index contributed by atoms with van der Waals surface area (Å²) in [6.07, 6.45) is 4.35. The molecule has 6 heteroatoms. The standard InChI is InChI=1S/C14H13ClN2O2S/c15-8-5-6-9(11(18)7-8)13(19)17-14-16-10-3-1-2-4-12(10)20-14/h5-7,18H,1-4H2,(H,16,17,19). The molecule has 1 amide bonds. The van der Waals surface area contributed by atoms with Crippen molar-refractivity contribution in [1.29, 1.82) is 0 Å². The smallest absolute Gasteiger partial charge is 0.261 e. The van der Waals surface area contributed by atoms with E-state index in [1.807, 2.05) is 0 Å². The average Bonchev–Trinajstić information content (AvgIpc) is 2.80. The number of hydrogen-bond acceptors (Lipinski definition) is 4. The molecule has 4 nitrogen and oxygen atoms in total. The van der Waals surface area contributed by atoms with Gasteiger partial charge in [-0.3, -0.25) is 10.1 Å². The molecule has 1 heterocycles. The predicted octanol–water partition coefficient (Wildman–Crippen LogP) is 3.63. The highest BCUT2D eigenvalue weighted by Gasteiger charge is 2.18. The van der Waals surface area contributed by atoms with E-state index in [0.717, 1.165) is 25.0 Å². The zero-order valence-corrected chi connectivity index (χ0v) is 12.2. The summed E-state index contributed by atoms with van der Waals surface area (Å²) in [5.74, 6) is -0.499. The number of anilines is 1. The first-order chi connectivity index (χ1) is 9.63. The van der Waals surface area contributed by atoms with E-state index in [1.54, 1.807) is 6.07 Å². The summed E-state index contributed by atoms with van der Waals surface area (Å²) in [4.78, 5) is 17.8. The first-order valence-corrected chi connectivity index (χ1v) is 7.61. The van der Waals surface area contributed by atoms with Gasteiger partial charge in [0, 0.05) is 9.90 Å². The molecule has 0 saturated carbocycles. The number of thiazole rings is 1. The Morgan fingerprint density at radius 1 is 1.35 bits per heavy atom. The Bertz CT molecular complexity index is 646. The van der Waals surface area contributed by atoms with Crippen LogP contribution in [0.2, 0.25) is 5.02 Å². The molecule has 3 rings (SSSR count). The van der Waals surface area contributed by atoms with E-state index in [2.05, 4.69) is 10.3 Å². The van der Waals surface area contributed by atoms with Crippen molar-refractivity contribution in [3.05, 3.63) is 39.4 Å². The number of aromatic hydroxyl groups is 1. The molecule has 0 radical (unpaired) electrons. The van der Waals surface area contributed by atoms with E-state index < -0.39 is 0 Å². The maximum Gasteiger partial charge on any atom is 0.261 e. The number of phenolic OH excluding ortho intramolecular Hbond substituents is 1. The zero-order valence-electron chi connectivity index (χ0n) is 10.6. The molecule has 1 aliphatic rings. The van der Waals surface area contributed by atoms with Crippen LogP contribution in [0.5, 0.6) is 5.75 Å². The van der Waals surface area contributed by atoms with Gasteiger partial charge in [-0.2, -0.15) is 0 Å². The average molecular weight is 309 g/mol. The molecule has 0 unspecified atom stereocenters. The predicted molar refractivity (Wildman–Crippen MR) is 79.8 cm³/mol. The zero-order chi connectivity index (χ0) is 14.1. The summed E-state index contributed by atoms with van der Waals surface area (Å²) in [6.45, 7) is 0. The number of nitrogens with zero attached hydrogens (tertiary/aromatic N) is 1. The quantitative estimate of drug-likeness (QED) is 0.890. The minimum absolute atomic E-state index is 0.128. The lowest BCUT2D eigenvalue weighted by Gasteiger charge is -2.06. The van der Waals surface area contributed by atoms with Crippen LogP contribution in [0.1, 0.15) is 33.8 Å². The molecular weight excluding hydrogens is 296 g/mol. The molecule has 0 spiro atoms. The number of aryl methyl sites for hydroxylation is 2. The van der Waals surface area contributed by atoms with Gasteiger partial charge in [0.2, 0.25) is 0 Å². The number of nitrogens with one attached hydrogen (secondary N) is 1. The number of carbonyl (C=O) groups excluding carboxylic acids is 1. The second kappa shape index (κ2) is 5.42. The molecule has 104 valence electrons. The van der Waals surface area contributed by atoms with E-state index in [-0.39, 0.29) is 17.2 Å². The molecule has 1 aliphatic carbocycles. The molecule has 0 atom stereocenters. The second-order valence-corrected chi connectivity index (χ2v) is 6.23. The highest BCUT2D eigenvalue weighted by Crippen LogP contribution is 2.30. The summed E-state index contributed by atoms with van der Waals surface area (Å²) >= 11 is 7.27. The Kier molecular flexibility index (Phi) is 3.63. The van der Waals surface area contributed by atoms with Crippen molar-refractivity contribution in [2.75, 3.05) is 5.32 Å².